The predicted molar refractivity (Wildman–Crippen MR) is 50.2 cm³/mol. The molecule has 0 spiro atoms. The van der Waals surface area contributed by atoms with Crippen molar-refractivity contribution in [2.24, 2.45) is 0 Å². The van der Waals surface area contributed by atoms with Crippen LogP contribution in [0.1, 0.15) is 26.7 Å². The molecule has 0 aliphatic carbocycles. The molecule has 0 aromatic carbocycles. The molecular formula is C8H14Cl2O. The summed E-state index contributed by atoms with van der Waals surface area (Å²) in [4.78, 5) is -0.721. The van der Waals surface area contributed by atoms with E-state index in [-0.39, 0.29) is 0 Å². The summed E-state index contributed by atoms with van der Waals surface area (Å²) in [6.07, 6.45) is 3.03. The van der Waals surface area contributed by atoms with Crippen LogP contribution in [0, 0.1) is 0 Å². The van der Waals surface area contributed by atoms with Gasteiger partial charge in [0.1, 0.15) is 10.9 Å². The molecule has 0 aromatic heterocycles. The molecule has 0 saturated carbocycles. The Bertz CT molecular complexity index is 132. The van der Waals surface area contributed by atoms with Gasteiger partial charge < -0.3 is 5.11 Å². The van der Waals surface area contributed by atoms with Crippen LogP contribution in [-0.2, 0) is 0 Å². The van der Waals surface area contributed by atoms with Crippen LogP contribution in [0.3, 0.4) is 0 Å². The van der Waals surface area contributed by atoms with Gasteiger partial charge in [0.05, 0.1) is 0 Å². The molecule has 11 heavy (non-hydrogen) atoms. The first-order valence-corrected chi connectivity index (χ1v) is 4.58. The number of aliphatic hydroxyl groups is 1. The molecule has 0 rings (SSSR count). The Labute approximate surface area is 78.0 Å². The van der Waals surface area contributed by atoms with Crippen molar-refractivity contribution in [1.29, 1.82) is 0 Å². The summed E-state index contributed by atoms with van der Waals surface area (Å²) in [5.74, 6) is 0. The van der Waals surface area contributed by atoms with Crippen LogP contribution < -0.4 is 0 Å². The monoisotopic (exact) mass is 196 g/mol. The number of halogens is 2. The van der Waals surface area contributed by atoms with Crippen LogP contribution in [0.15, 0.2) is 11.6 Å². The molecule has 66 valence electrons. The summed E-state index contributed by atoms with van der Waals surface area (Å²) in [6.45, 7) is 4.05. The Morgan fingerprint density at radius 1 is 1.55 bits per heavy atom. The maximum atomic E-state index is 9.18. The predicted octanol–water partition coefficient (Wildman–Crippen LogP) is 2.90. The SMILES string of the molecule is CCC/C(C)=C/C(O)C(Cl)Cl. The van der Waals surface area contributed by atoms with E-state index in [0.29, 0.717) is 0 Å². The Morgan fingerprint density at radius 2 is 2.09 bits per heavy atom. The van der Waals surface area contributed by atoms with E-state index in [2.05, 4.69) is 6.92 Å². The smallest absolute Gasteiger partial charge is 0.137 e. The summed E-state index contributed by atoms with van der Waals surface area (Å²) in [5, 5.41) is 9.18. The van der Waals surface area contributed by atoms with Gasteiger partial charge in [0.2, 0.25) is 0 Å². The average Bonchev–Trinajstić information content (AvgIpc) is 1.87. The highest BCUT2D eigenvalue weighted by atomic mass is 35.5. The van der Waals surface area contributed by atoms with Gasteiger partial charge in [0.25, 0.3) is 0 Å². The van der Waals surface area contributed by atoms with Gasteiger partial charge in [-0.05, 0) is 13.3 Å². The van der Waals surface area contributed by atoms with Gasteiger partial charge in [-0.25, -0.2) is 0 Å². The number of hydrogen-bond donors (Lipinski definition) is 1. The van der Waals surface area contributed by atoms with Crippen LogP contribution in [0.25, 0.3) is 0 Å². The van der Waals surface area contributed by atoms with Crippen LogP contribution in [0.2, 0.25) is 0 Å². The highest BCUT2D eigenvalue weighted by molar-refractivity contribution is 6.44. The number of alkyl halides is 2. The summed E-state index contributed by atoms with van der Waals surface area (Å²) in [5.41, 5.74) is 1.13. The average molecular weight is 197 g/mol. The molecule has 0 aromatic rings. The number of aliphatic hydroxyl groups excluding tert-OH is 1. The van der Waals surface area contributed by atoms with Crippen molar-refractivity contribution in [3.05, 3.63) is 11.6 Å². The molecule has 0 aliphatic rings. The fraction of sp³-hybridized carbons (Fsp3) is 0.750. The zero-order valence-corrected chi connectivity index (χ0v) is 8.36. The van der Waals surface area contributed by atoms with E-state index >= 15 is 0 Å². The molecule has 0 amide bonds. The molecular weight excluding hydrogens is 183 g/mol. The third-order valence-corrected chi connectivity index (χ3v) is 1.87. The summed E-state index contributed by atoms with van der Waals surface area (Å²) in [6, 6.07) is 0. The molecule has 3 heteroatoms. The van der Waals surface area contributed by atoms with Crippen LogP contribution >= 0.6 is 23.2 Å². The third kappa shape index (κ3) is 5.54. The topological polar surface area (TPSA) is 20.2 Å². The quantitative estimate of drug-likeness (QED) is 0.542. The molecule has 0 saturated heterocycles. The van der Waals surface area contributed by atoms with Gasteiger partial charge in [-0.1, -0.05) is 25.0 Å². The van der Waals surface area contributed by atoms with Gasteiger partial charge in [-0.15, -0.1) is 23.2 Å². The molecule has 0 bridgehead atoms. The molecule has 0 radical (unpaired) electrons. The first-order valence-electron chi connectivity index (χ1n) is 3.71. The van der Waals surface area contributed by atoms with E-state index in [1.54, 1.807) is 6.08 Å². The minimum absolute atomic E-state index is 0.721. The van der Waals surface area contributed by atoms with E-state index in [1.807, 2.05) is 6.92 Å². The lowest BCUT2D eigenvalue weighted by atomic mass is 10.1. The molecule has 0 aliphatic heterocycles. The van der Waals surface area contributed by atoms with Crippen molar-refractivity contribution in [2.45, 2.75) is 37.6 Å². The Morgan fingerprint density at radius 3 is 2.45 bits per heavy atom. The second-order valence-corrected chi connectivity index (χ2v) is 3.75. The van der Waals surface area contributed by atoms with Gasteiger partial charge in [-0.3, -0.25) is 0 Å². The second kappa shape index (κ2) is 5.87. The standard InChI is InChI=1S/C8H14Cl2O/c1-3-4-6(2)5-7(11)8(9)10/h5,7-8,11H,3-4H2,1-2H3/b6-5+. The Balaban J connectivity index is 3.86. The minimum Gasteiger partial charge on any atom is -0.386 e. The Hall–Kier alpha value is 0.280. The first-order chi connectivity index (χ1) is 5.07. The normalized spacial score (nSPS) is 15.6. The molecule has 1 N–H and O–H groups in total. The van der Waals surface area contributed by atoms with Crippen LogP contribution in [0.5, 0.6) is 0 Å². The highest BCUT2D eigenvalue weighted by Gasteiger charge is 2.09. The van der Waals surface area contributed by atoms with E-state index in [9.17, 15) is 5.11 Å². The van der Waals surface area contributed by atoms with Gasteiger partial charge in [-0.2, -0.15) is 0 Å². The minimum atomic E-state index is -0.732. The zero-order valence-electron chi connectivity index (χ0n) is 6.85. The first kappa shape index (κ1) is 11.3. The van der Waals surface area contributed by atoms with E-state index in [1.165, 1.54) is 0 Å². The fourth-order valence-electron chi connectivity index (χ4n) is 0.842. The molecule has 1 atom stereocenters. The molecule has 0 heterocycles. The summed E-state index contributed by atoms with van der Waals surface area (Å²) in [7, 11) is 0. The fourth-order valence-corrected chi connectivity index (χ4v) is 0.987. The summed E-state index contributed by atoms with van der Waals surface area (Å²) >= 11 is 10.9. The van der Waals surface area contributed by atoms with Crippen molar-refractivity contribution >= 4 is 23.2 Å². The maximum Gasteiger partial charge on any atom is 0.137 e. The lowest BCUT2D eigenvalue weighted by Gasteiger charge is -2.07. The lowest BCUT2D eigenvalue weighted by molar-refractivity contribution is 0.236. The molecule has 1 unspecified atom stereocenters. The van der Waals surface area contributed by atoms with E-state index in [0.717, 1.165) is 18.4 Å². The number of hydrogen-bond acceptors (Lipinski definition) is 1. The van der Waals surface area contributed by atoms with E-state index < -0.39 is 10.9 Å². The zero-order chi connectivity index (χ0) is 8.85. The van der Waals surface area contributed by atoms with Crippen LogP contribution in [0.4, 0.5) is 0 Å². The van der Waals surface area contributed by atoms with Gasteiger partial charge in [0.15, 0.2) is 0 Å². The number of rotatable bonds is 4. The van der Waals surface area contributed by atoms with E-state index in [4.69, 9.17) is 23.2 Å². The maximum absolute atomic E-state index is 9.18. The lowest BCUT2D eigenvalue weighted by Crippen LogP contribution is -2.12. The van der Waals surface area contributed by atoms with Gasteiger partial charge in [0, 0.05) is 0 Å². The molecule has 0 fully saturated rings. The summed E-state index contributed by atoms with van der Waals surface area (Å²) < 4.78 is 0. The third-order valence-electron chi connectivity index (χ3n) is 1.36. The van der Waals surface area contributed by atoms with Crippen LogP contribution in [-0.4, -0.2) is 16.0 Å². The molecule has 1 nitrogen and oxygen atoms in total. The second-order valence-electron chi connectivity index (χ2n) is 2.59. The van der Waals surface area contributed by atoms with Crippen molar-refractivity contribution in [1.82, 2.24) is 0 Å². The number of allylic oxidation sites excluding steroid dienone is 1. The Kier molecular flexibility index (Phi) is 6.02. The largest absolute Gasteiger partial charge is 0.386 e. The highest BCUT2D eigenvalue weighted by Crippen LogP contribution is 2.12. The van der Waals surface area contributed by atoms with Crippen molar-refractivity contribution in [3.8, 4) is 0 Å². The van der Waals surface area contributed by atoms with Crippen molar-refractivity contribution in [3.63, 3.8) is 0 Å². The van der Waals surface area contributed by atoms with Crippen molar-refractivity contribution < 1.29 is 5.11 Å². The van der Waals surface area contributed by atoms with Crippen molar-refractivity contribution in [2.75, 3.05) is 0 Å². The van der Waals surface area contributed by atoms with Gasteiger partial charge >= 0.3 is 0 Å².